The Labute approximate surface area is 125 Å². The van der Waals surface area contributed by atoms with E-state index in [-0.39, 0.29) is 0 Å². The van der Waals surface area contributed by atoms with Gasteiger partial charge in [0.15, 0.2) is 0 Å². The number of nitrogens with one attached hydrogen (secondary N) is 1. The molecule has 0 amide bonds. The van der Waals surface area contributed by atoms with Gasteiger partial charge in [-0.05, 0) is 25.5 Å². The molecule has 0 radical (unpaired) electrons. The van der Waals surface area contributed by atoms with E-state index in [0.29, 0.717) is 12.7 Å². The molecule has 1 aromatic heterocycles. The van der Waals surface area contributed by atoms with Crippen LogP contribution in [0.25, 0.3) is 11.0 Å². The number of hydrogen-bond acceptors (Lipinski definition) is 4. The van der Waals surface area contributed by atoms with Crippen molar-refractivity contribution in [1.29, 1.82) is 0 Å². The minimum Gasteiger partial charge on any atom is -0.458 e. The third kappa shape index (κ3) is 3.46. The molecule has 0 aliphatic carbocycles. The van der Waals surface area contributed by atoms with E-state index in [1.54, 1.807) is 0 Å². The van der Waals surface area contributed by atoms with Gasteiger partial charge >= 0.3 is 0 Å². The van der Waals surface area contributed by atoms with Crippen molar-refractivity contribution in [2.45, 2.75) is 39.0 Å². The van der Waals surface area contributed by atoms with Crippen LogP contribution in [0, 0.1) is 0 Å². The van der Waals surface area contributed by atoms with Gasteiger partial charge in [0, 0.05) is 30.7 Å². The highest BCUT2D eigenvalue weighted by molar-refractivity contribution is 5.82. The summed E-state index contributed by atoms with van der Waals surface area (Å²) in [4.78, 5) is 0. The second kappa shape index (κ2) is 7.07. The van der Waals surface area contributed by atoms with E-state index < -0.39 is 0 Å². The maximum atomic E-state index is 6.02. The van der Waals surface area contributed by atoms with Gasteiger partial charge in [0.1, 0.15) is 18.0 Å². The lowest BCUT2D eigenvalue weighted by molar-refractivity contribution is -0.0433. The molecule has 0 bridgehead atoms. The van der Waals surface area contributed by atoms with Gasteiger partial charge in [0.2, 0.25) is 0 Å². The van der Waals surface area contributed by atoms with E-state index in [2.05, 4.69) is 24.4 Å². The number of rotatable bonds is 6. The molecule has 2 aromatic rings. The number of hydrogen-bond donors (Lipinski definition) is 1. The smallest absolute Gasteiger partial charge is 0.135 e. The van der Waals surface area contributed by atoms with Gasteiger partial charge in [-0.1, -0.05) is 25.1 Å². The second-order valence-corrected chi connectivity index (χ2v) is 5.40. The Morgan fingerprint density at radius 2 is 2.05 bits per heavy atom. The predicted molar refractivity (Wildman–Crippen MR) is 82.2 cm³/mol. The molecule has 0 saturated carbocycles. The predicted octanol–water partition coefficient (Wildman–Crippen LogP) is 3.24. The van der Waals surface area contributed by atoms with Crippen LogP contribution in [0.3, 0.4) is 0 Å². The van der Waals surface area contributed by atoms with Crippen molar-refractivity contribution in [3.63, 3.8) is 0 Å². The molecule has 0 unspecified atom stereocenters. The largest absolute Gasteiger partial charge is 0.458 e. The van der Waals surface area contributed by atoms with E-state index in [4.69, 9.17) is 13.9 Å². The number of ether oxygens (including phenoxy) is 2. The lowest BCUT2D eigenvalue weighted by Gasteiger charge is -2.22. The van der Waals surface area contributed by atoms with Gasteiger partial charge < -0.3 is 19.2 Å². The van der Waals surface area contributed by atoms with Gasteiger partial charge in [-0.2, -0.15) is 0 Å². The number of para-hydroxylation sites is 1. The Hall–Kier alpha value is -1.36. The lowest BCUT2D eigenvalue weighted by atomic mass is 10.1. The van der Waals surface area contributed by atoms with Crippen LogP contribution in [0.4, 0.5) is 0 Å². The molecule has 1 fully saturated rings. The molecular weight excluding hydrogens is 266 g/mol. The van der Waals surface area contributed by atoms with Gasteiger partial charge in [-0.25, -0.2) is 0 Å². The van der Waals surface area contributed by atoms with Crippen molar-refractivity contribution in [2.75, 3.05) is 19.8 Å². The summed E-state index contributed by atoms with van der Waals surface area (Å²) in [6.45, 7) is 6.02. The van der Waals surface area contributed by atoms with Crippen LogP contribution in [0.15, 0.2) is 28.7 Å². The lowest BCUT2D eigenvalue weighted by Crippen LogP contribution is -2.23. The van der Waals surface area contributed by atoms with Crippen LogP contribution < -0.4 is 5.32 Å². The highest BCUT2D eigenvalue weighted by Gasteiger charge is 2.18. The quantitative estimate of drug-likeness (QED) is 0.886. The monoisotopic (exact) mass is 289 g/mol. The third-order valence-corrected chi connectivity index (χ3v) is 3.95. The summed E-state index contributed by atoms with van der Waals surface area (Å²) < 4.78 is 17.4. The molecule has 4 nitrogen and oxygen atoms in total. The Morgan fingerprint density at radius 3 is 2.86 bits per heavy atom. The van der Waals surface area contributed by atoms with Gasteiger partial charge in [0.25, 0.3) is 0 Å². The number of furan rings is 1. The number of benzene rings is 1. The molecule has 4 heteroatoms. The molecule has 0 atom stereocenters. The maximum Gasteiger partial charge on any atom is 0.135 e. The fourth-order valence-electron chi connectivity index (χ4n) is 2.75. The first-order valence-corrected chi connectivity index (χ1v) is 7.78. The molecule has 0 spiro atoms. The average molecular weight is 289 g/mol. The zero-order valence-corrected chi connectivity index (χ0v) is 12.6. The van der Waals surface area contributed by atoms with Crippen molar-refractivity contribution in [3.8, 4) is 0 Å². The van der Waals surface area contributed by atoms with E-state index >= 15 is 0 Å². The molecule has 1 aromatic carbocycles. The third-order valence-electron chi connectivity index (χ3n) is 3.95. The topological polar surface area (TPSA) is 43.6 Å². The SMILES string of the molecule is CCNCc1c(COC2CCOCC2)oc2ccccc12. The zero-order chi connectivity index (χ0) is 14.5. The van der Waals surface area contributed by atoms with Crippen LogP contribution in [0.5, 0.6) is 0 Å². The fourth-order valence-corrected chi connectivity index (χ4v) is 2.75. The zero-order valence-electron chi connectivity index (χ0n) is 12.6. The standard InChI is InChI=1S/C17H23NO3/c1-2-18-11-15-14-5-3-4-6-16(14)21-17(15)12-20-13-7-9-19-10-8-13/h3-6,13,18H,2,7-12H2,1H3. The van der Waals surface area contributed by atoms with Crippen molar-refractivity contribution in [1.82, 2.24) is 5.32 Å². The normalized spacial score (nSPS) is 16.6. The van der Waals surface area contributed by atoms with Crippen LogP contribution >= 0.6 is 0 Å². The molecule has 1 aliphatic rings. The second-order valence-electron chi connectivity index (χ2n) is 5.40. The highest BCUT2D eigenvalue weighted by atomic mass is 16.5. The van der Waals surface area contributed by atoms with Crippen LogP contribution in [0.2, 0.25) is 0 Å². The Kier molecular flexibility index (Phi) is 4.91. The van der Waals surface area contributed by atoms with Crippen molar-refractivity contribution >= 4 is 11.0 Å². The molecule has 114 valence electrons. The van der Waals surface area contributed by atoms with Crippen LogP contribution in [-0.2, 0) is 22.6 Å². The van der Waals surface area contributed by atoms with E-state index in [1.165, 1.54) is 10.9 Å². The minimum atomic E-state index is 0.291. The summed E-state index contributed by atoms with van der Waals surface area (Å²) >= 11 is 0. The fraction of sp³-hybridized carbons (Fsp3) is 0.529. The van der Waals surface area contributed by atoms with Crippen molar-refractivity contribution in [3.05, 3.63) is 35.6 Å². The van der Waals surface area contributed by atoms with Gasteiger partial charge in [-0.3, -0.25) is 0 Å². The first kappa shape index (κ1) is 14.6. The summed E-state index contributed by atoms with van der Waals surface area (Å²) in [5.74, 6) is 0.948. The van der Waals surface area contributed by atoms with E-state index in [9.17, 15) is 0 Å². The Morgan fingerprint density at radius 1 is 1.24 bits per heavy atom. The van der Waals surface area contributed by atoms with Crippen LogP contribution in [-0.4, -0.2) is 25.9 Å². The molecule has 2 heterocycles. The average Bonchev–Trinajstić information content (AvgIpc) is 2.89. The highest BCUT2D eigenvalue weighted by Crippen LogP contribution is 2.27. The van der Waals surface area contributed by atoms with Gasteiger partial charge in [-0.15, -0.1) is 0 Å². The first-order chi connectivity index (χ1) is 10.4. The molecule has 1 N–H and O–H groups in total. The molecule has 1 saturated heterocycles. The minimum absolute atomic E-state index is 0.291. The van der Waals surface area contributed by atoms with Crippen molar-refractivity contribution in [2.24, 2.45) is 0 Å². The Bertz CT molecular complexity index is 572. The summed E-state index contributed by atoms with van der Waals surface area (Å²) in [7, 11) is 0. The van der Waals surface area contributed by atoms with Gasteiger partial charge in [0.05, 0.1) is 6.10 Å². The summed E-state index contributed by atoms with van der Waals surface area (Å²) in [5, 5.41) is 4.57. The molecule has 21 heavy (non-hydrogen) atoms. The summed E-state index contributed by atoms with van der Waals surface area (Å²) in [5.41, 5.74) is 2.16. The summed E-state index contributed by atoms with van der Waals surface area (Å²) in [6.07, 6.45) is 2.24. The van der Waals surface area contributed by atoms with Crippen molar-refractivity contribution < 1.29 is 13.9 Å². The Balaban J connectivity index is 1.75. The molecule has 1 aliphatic heterocycles. The molecular formula is C17H23NO3. The molecule has 3 rings (SSSR count). The van der Waals surface area contributed by atoms with Crippen LogP contribution in [0.1, 0.15) is 31.1 Å². The van der Waals surface area contributed by atoms with E-state index in [1.807, 2.05) is 12.1 Å². The van der Waals surface area contributed by atoms with E-state index in [0.717, 1.165) is 50.5 Å². The summed E-state index contributed by atoms with van der Waals surface area (Å²) in [6, 6.07) is 8.19. The maximum absolute atomic E-state index is 6.02. The number of fused-ring (bicyclic) bond motifs is 1. The first-order valence-electron chi connectivity index (χ1n) is 7.78.